The Morgan fingerprint density at radius 3 is 2.21 bits per heavy atom. The summed E-state index contributed by atoms with van der Waals surface area (Å²) >= 11 is 0. The van der Waals surface area contributed by atoms with Gasteiger partial charge in [0, 0.05) is 12.3 Å². The molecule has 0 spiro atoms. The smallest absolute Gasteiger partial charge is 0.234 e. The highest BCUT2D eigenvalue weighted by atomic mass is 16.5. The number of hydrogen-bond donors (Lipinski definition) is 0. The molecule has 0 atom stereocenters. The Hall–Kier alpha value is -3.65. The second-order valence-corrected chi connectivity index (χ2v) is 6.73. The second kappa shape index (κ2) is 7.93. The molecule has 4 rings (SSSR count). The molecule has 1 aliphatic rings. The van der Waals surface area contributed by atoms with Gasteiger partial charge in [0.05, 0.1) is 30.6 Å². The summed E-state index contributed by atoms with van der Waals surface area (Å²) in [5, 5.41) is 8.97. The van der Waals surface area contributed by atoms with Crippen molar-refractivity contribution in [2.24, 2.45) is 0 Å². The number of pyridine rings is 1. The Kier molecular flexibility index (Phi) is 5.03. The molecule has 28 heavy (non-hydrogen) atoms. The average molecular weight is 369 g/mol. The Balaban J connectivity index is 1.46. The predicted octanol–water partition coefficient (Wildman–Crippen LogP) is 3.37. The summed E-state index contributed by atoms with van der Waals surface area (Å²) in [6.07, 6.45) is 1.44. The summed E-state index contributed by atoms with van der Waals surface area (Å²) in [6.45, 7) is 1.01. The van der Waals surface area contributed by atoms with Crippen LogP contribution in [0.2, 0.25) is 0 Å². The van der Waals surface area contributed by atoms with Crippen molar-refractivity contribution in [1.29, 1.82) is 5.26 Å². The first-order valence-corrected chi connectivity index (χ1v) is 9.16. The molecule has 1 saturated heterocycles. The Morgan fingerprint density at radius 1 is 1.04 bits per heavy atom. The molecule has 1 amide bonds. The first-order chi connectivity index (χ1) is 13.7. The molecule has 1 aromatic heterocycles. The van der Waals surface area contributed by atoms with Gasteiger partial charge in [0.15, 0.2) is 0 Å². The van der Waals surface area contributed by atoms with Gasteiger partial charge in [-0.05, 0) is 17.2 Å². The van der Waals surface area contributed by atoms with Gasteiger partial charge in [0.25, 0.3) is 0 Å². The average Bonchev–Trinajstić information content (AvgIpc) is 2.72. The lowest BCUT2D eigenvalue weighted by Gasteiger charge is -2.40. The van der Waals surface area contributed by atoms with E-state index in [0.29, 0.717) is 24.5 Å². The topological polar surface area (TPSA) is 66.2 Å². The maximum Gasteiger partial charge on any atom is 0.234 e. The molecule has 0 saturated carbocycles. The van der Waals surface area contributed by atoms with Crippen LogP contribution in [0, 0.1) is 11.3 Å². The molecule has 138 valence electrons. The molecule has 0 unspecified atom stereocenters. The van der Waals surface area contributed by atoms with Crippen LogP contribution in [0.1, 0.15) is 22.6 Å². The lowest BCUT2D eigenvalue weighted by molar-refractivity contribution is -0.140. The van der Waals surface area contributed by atoms with Crippen LogP contribution in [0.3, 0.4) is 0 Å². The normalized spacial score (nSPS) is 13.6. The molecule has 1 fully saturated rings. The Bertz CT molecular complexity index is 954. The minimum Gasteiger partial charge on any atom is -0.471 e. The molecule has 0 bridgehead atoms. The maximum atomic E-state index is 13.2. The predicted molar refractivity (Wildman–Crippen MR) is 105 cm³/mol. The number of benzene rings is 2. The molecule has 0 N–H and O–H groups in total. The fraction of sp³-hybridized carbons (Fsp3) is 0.174. The van der Waals surface area contributed by atoms with Crippen molar-refractivity contribution in [1.82, 2.24) is 9.88 Å². The zero-order valence-electron chi connectivity index (χ0n) is 15.2. The van der Waals surface area contributed by atoms with Gasteiger partial charge in [-0.15, -0.1) is 0 Å². The van der Waals surface area contributed by atoms with Gasteiger partial charge < -0.3 is 9.64 Å². The fourth-order valence-electron chi connectivity index (χ4n) is 3.36. The van der Waals surface area contributed by atoms with Gasteiger partial charge in [-0.2, -0.15) is 5.26 Å². The number of likely N-dealkylation sites (tertiary alicyclic amines) is 1. The summed E-state index contributed by atoms with van der Waals surface area (Å²) in [5.74, 6) is 0.151. The van der Waals surface area contributed by atoms with E-state index in [1.165, 1.54) is 0 Å². The third-order valence-electron chi connectivity index (χ3n) is 4.82. The number of nitrogens with zero attached hydrogens (tertiary/aromatic N) is 3. The van der Waals surface area contributed by atoms with Crippen LogP contribution in [0.5, 0.6) is 5.88 Å². The van der Waals surface area contributed by atoms with Crippen molar-refractivity contribution in [3.05, 3.63) is 95.7 Å². The number of carbonyl (C=O) groups excluding carboxylic acids is 1. The monoisotopic (exact) mass is 369 g/mol. The summed E-state index contributed by atoms with van der Waals surface area (Å²) in [6, 6.07) is 25.0. The number of aromatic nitrogens is 1. The molecular weight excluding hydrogens is 350 g/mol. The van der Waals surface area contributed by atoms with Crippen LogP contribution in [-0.2, 0) is 4.79 Å². The van der Waals surface area contributed by atoms with Gasteiger partial charge in [-0.1, -0.05) is 60.7 Å². The minimum absolute atomic E-state index is 0.0657. The third-order valence-corrected chi connectivity index (χ3v) is 4.82. The van der Waals surface area contributed by atoms with Gasteiger partial charge in [0.2, 0.25) is 11.8 Å². The first kappa shape index (κ1) is 17.7. The fourth-order valence-corrected chi connectivity index (χ4v) is 3.36. The zero-order chi connectivity index (χ0) is 19.3. The number of ether oxygens (including phenoxy) is 1. The van der Waals surface area contributed by atoms with Crippen LogP contribution < -0.4 is 4.74 Å². The van der Waals surface area contributed by atoms with Gasteiger partial charge in [-0.25, -0.2) is 4.98 Å². The highest BCUT2D eigenvalue weighted by Gasteiger charge is 2.37. The van der Waals surface area contributed by atoms with E-state index >= 15 is 0 Å². The van der Waals surface area contributed by atoms with E-state index in [0.717, 1.165) is 11.1 Å². The summed E-state index contributed by atoms with van der Waals surface area (Å²) in [7, 11) is 0. The third kappa shape index (κ3) is 3.72. The van der Waals surface area contributed by atoms with E-state index in [1.54, 1.807) is 18.3 Å². The molecule has 1 aliphatic heterocycles. The lowest BCUT2D eigenvalue weighted by atomic mass is 9.89. The zero-order valence-corrected chi connectivity index (χ0v) is 15.2. The van der Waals surface area contributed by atoms with Crippen LogP contribution in [0.25, 0.3) is 0 Å². The van der Waals surface area contributed by atoms with E-state index in [1.807, 2.05) is 65.6 Å². The van der Waals surface area contributed by atoms with Gasteiger partial charge >= 0.3 is 0 Å². The maximum absolute atomic E-state index is 13.2. The molecule has 0 radical (unpaired) electrons. The number of amides is 1. The summed E-state index contributed by atoms with van der Waals surface area (Å²) in [4.78, 5) is 19.2. The Morgan fingerprint density at radius 2 is 1.64 bits per heavy atom. The molecule has 0 aliphatic carbocycles. The van der Waals surface area contributed by atoms with Crippen LogP contribution in [0.15, 0.2) is 79.0 Å². The number of nitriles is 1. The van der Waals surface area contributed by atoms with Crippen molar-refractivity contribution < 1.29 is 9.53 Å². The van der Waals surface area contributed by atoms with Crippen LogP contribution in [-0.4, -0.2) is 35.0 Å². The van der Waals surface area contributed by atoms with Crippen molar-refractivity contribution in [2.75, 3.05) is 13.1 Å². The van der Waals surface area contributed by atoms with Crippen molar-refractivity contribution in [3.63, 3.8) is 0 Å². The number of rotatable bonds is 5. The molecule has 2 aromatic carbocycles. The van der Waals surface area contributed by atoms with E-state index in [2.05, 4.69) is 11.1 Å². The van der Waals surface area contributed by atoms with E-state index in [4.69, 9.17) is 10.00 Å². The highest BCUT2D eigenvalue weighted by molar-refractivity contribution is 5.88. The van der Waals surface area contributed by atoms with E-state index < -0.39 is 0 Å². The highest BCUT2D eigenvalue weighted by Crippen LogP contribution is 2.29. The van der Waals surface area contributed by atoms with E-state index in [-0.39, 0.29) is 17.9 Å². The van der Waals surface area contributed by atoms with E-state index in [9.17, 15) is 4.79 Å². The minimum atomic E-state index is -0.330. The molecule has 5 heteroatoms. The SMILES string of the molecule is N#Cc1ccnc(OC2CN(C(=O)C(c3ccccc3)c3ccccc3)C2)c1. The Labute approximate surface area is 163 Å². The van der Waals surface area contributed by atoms with Crippen molar-refractivity contribution >= 4 is 5.91 Å². The number of carbonyl (C=O) groups is 1. The molecule has 5 nitrogen and oxygen atoms in total. The van der Waals surface area contributed by atoms with Crippen LogP contribution >= 0.6 is 0 Å². The number of hydrogen-bond acceptors (Lipinski definition) is 4. The molecule has 3 aromatic rings. The summed E-state index contributed by atoms with van der Waals surface area (Å²) < 4.78 is 5.81. The summed E-state index contributed by atoms with van der Waals surface area (Å²) in [5.41, 5.74) is 2.46. The van der Waals surface area contributed by atoms with Gasteiger partial charge in [-0.3, -0.25) is 4.79 Å². The first-order valence-electron chi connectivity index (χ1n) is 9.16. The largest absolute Gasteiger partial charge is 0.471 e. The second-order valence-electron chi connectivity index (χ2n) is 6.73. The van der Waals surface area contributed by atoms with Crippen molar-refractivity contribution in [3.8, 4) is 11.9 Å². The van der Waals surface area contributed by atoms with Crippen molar-refractivity contribution in [2.45, 2.75) is 12.0 Å². The van der Waals surface area contributed by atoms with Gasteiger partial charge in [0.1, 0.15) is 6.10 Å². The molecular formula is C23H19N3O2. The molecule has 2 heterocycles. The standard InChI is InChI=1S/C23H19N3O2/c24-14-17-11-12-25-21(13-17)28-20-15-26(16-20)23(27)22(18-7-3-1-4-8-18)19-9-5-2-6-10-19/h1-13,20,22H,15-16H2. The quantitative estimate of drug-likeness (QED) is 0.692. The van der Waals surface area contributed by atoms with Crippen LogP contribution in [0.4, 0.5) is 0 Å². The lowest BCUT2D eigenvalue weighted by Crippen LogP contribution is -2.57.